The zero-order chi connectivity index (χ0) is 9.80. The SMILES string of the molecule is OC(c1ccccc1)c1cccnn1. The van der Waals surface area contributed by atoms with Crippen molar-refractivity contribution < 1.29 is 5.11 Å². The maximum atomic E-state index is 9.89. The first-order chi connectivity index (χ1) is 6.88. The van der Waals surface area contributed by atoms with Gasteiger partial charge in [0.2, 0.25) is 0 Å². The fourth-order valence-corrected chi connectivity index (χ4v) is 1.27. The summed E-state index contributed by atoms with van der Waals surface area (Å²) in [5.41, 5.74) is 1.40. The third-order valence-electron chi connectivity index (χ3n) is 1.99. The molecule has 0 aliphatic rings. The van der Waals surface area contributed by atoms with Crippen LogP contribution in [0.5, 0.6) is 0 Å². The zero-order valence-electron chi connectivity index (χ0n) is 7.54. The molecule has 0 spiro atoms. The fourth-order valence-electron chi connectivity index (χ4n) is 1.27. The van der Waals surface area contributed by atoms with Crippen LogP contribution in [-0.2, 0) is 0 Å². The van der Waals surface area contributed by atoms with Crippen LogP contribution in [0.1, 0.15) is 17.4 Å². The summed E-state index contributed by atoms with van der Waals surface area (Å²) < 4.78 is 0. The second-order valence-electron chi connectivity index (χ2n) is 2.96. The van der Waals surface area contributed by atoms with E-state index in [1.165, 1.54) is 0 Å². The molecule has 0 amide bonds. The fraction of sp³-hybridized carbons (Fsp3) is 0.0909. The molecule has 14 heavy (non-hydrogen) atoms. The molecule has 2 aromatic rings. The number of benzene rings is 1. The molecule has 70 valence electrons. The molecule has 1 unspecified atom stereocenters. The summed E-state index contributed by atoms with van der Waals surface area (Å²) in [5, 5.41) is 17.5. The molecule has 1 aromatic carbocycles. The minimum absolute atomic E-state index is 0.568. The first-order valence-corrected chi connectivity index (χ1v) is 4.38. The summed E-state index contributed by atoms with van der Waals surface area (Å²) in [6.45, 7) is 0. The maximum Gasteiger partial charge on any atom is 0.123 e. The van der Waals surface area contributed by atoms with Crippen LogP contribution in [0.3, 0.4) is 0 Å². The minimum atomic E-state index is -0.690. The third kappa shape index (κ3) is 1.78. The molecule has 1 heterocycles. The highest BCUT2D eigenvalue weighted by atomic mass is 16.3. The maximum absolute atomic E-state index is 9.89. The van der Waals surface area contributed by atoms with Gasteiger partial charge in [0.1, 0.15) is 6.10 Å². The van der Waals surface area contributed by atoms with Crippen molar-refractivity contribution in [3.05, 3.63) is 59.9 Å². The Morgan fingerprint density at radius 2 is 1.79 bits per heavy atom. The van der Waals surface area contributed by atoms with Gasteiger partial charge in [-0.15, -0.1) is 0 Å². The van der Waals surface area contributed by atoms with Gasteiger partial charge in [-0.05, 0) is 17.7 Å². The van der Waals surface area contributed by atoms with Crippen LogP contribution in [0.15, 0.2) is 48.7 Å². The molecule has 0 aliphatic heterocycles. The Labute approximate surface area is 82.1 Å². The Morgan fingerprint density at radius 1 is 1.00 bits per heavy atom. The Balaban J connectivity index is 2.30. The second-order valence-corrected chi connectivity index (χ2v) is 2.96. The Morgan fingerprint density at radius 3 is 2.43 bits per heavy atom. The van der Waals surface area contributed by atoms with Gasteiger partial charge in [-0.25, -0.2) is 0 Å². The van der Waals surface area contributed by atoms with Crippen LogP contribution in [-0.4, -0.2) is 15.3 Å². The molecule has 0 fully saturated rings. The van der Waals surface area contributed by atoms with Crippen molar-refractivity contribution in [1.82, 2.24) is 10.2 Å². The number of aromatic nitrogens is 2. The van der Waals surface area contributed by atoms with E-state index in [1.807, 2.05) is 30.3 Å². The highest BCUT2D eigenvalue weighted by Gasteiger charge is 2.10. The van der Waals surface area contributed by atoms with E-state index < -0.39 is 6.10 Å². The van der Waals surface area contributed by atoms with Crippen molar-refractivity contribution in [2.75, 3.05) is 0 Å². The van der Waals surface area contributed by atoms with E-state index in [0.717, 1.165) is 5.56 Å². The smallest absolute Gasteiger partial charge is 0.123 e. The van der Waals surface area contributed by atoms with Crippen molar-refractivity contribution in [3.8, 4) is 0 Å². The van der Waals surface area contributed by atoms with Gasteiger partial charge in [0.05, 0.1) is 5.69 Å². The predicted molar refractivity (Wildman–Crippen MR) is 52.5 cm³/mol. The third-order valence-corrected chi connectivity index (χ3v) is 1.99. The van der Waals surface area contributed by atoms with E-state index in [0.29, 0.717) is 5.69 Å². The lowest BCUT2D eigenvalue weighted by atomic mass is 10.1. The highest BCUT2D eigenvalue weighted by molar-refractivity contribution is 5.24. The number of aliphatic hydroxyl groups is 1. The van der Waals surface area contributed by atoms with E-state index in [9.17, 15) is 5.11 Å². The minimum Gasteiger partial charge on any atom is -0.382 e. The quantitative estimate of drug-likeness (QED) is 0.774. The number of aliphatic hydroxyl groups excluding tert-OH is 1. The van der Waals surface area contributed by atoms with Crippen LogP contribution < -0.4 is 0 Å². The van der Waals surface area contributed by atoms with Crippen LogP contribution >= 0.6 is 0 Å². The van der Waals surface area contributed by atoms with Crippen LogP contribution in [0, 0.1) is 0 Å². The van der Waals surface area contributed by atoms with Crippen LogP contribution in [0.4, 0.5) is 0 Å². The number of hydrogen-bond donors (Lipinski definition) is 1. The topological polar surface area (TPSA) is 46.0 Å². The van der Waals surface area contributed by atoms with E-state index in [4.69, 9.17) is 0 Å². The predicted octanol–water partition coefficient (Wildman–Crippen LogP) is 1.56. The summed E-state index contributed by atoms with van der Waals surface area (Å²) >= 11 is 0. The van der Waals surface area contributed by atoms with Gasteiger partial charge in [0.25, 0.3) is 0 Å². The molecule has 3 heteroatoms. The molecular weight excluding hydrogens is 176 g/mol. The second kappa shape index (κ2) is 3.98. The largest absolute Gasteiger partial charge is 0.382 e. The van der Waals surface area contributed by atoms with E-state index >= 15 is 0 Å². The molecule has 0 radical (unpaired) electrons. The summed E-state index contributed by atoms with van der Waals surface area (Å²) in [6.07, 6.45) is 0.895. The van der Waals surface area contributed by atoms with Crippen molar-refractivity contribution in [3.63, 3.8) is 0 Å². The van der Waals surface area contributed by atoms with Gasteiger partial charge in [-0.2, -0.15) is 10.2 Å². The highest BCUT2D eigenvalue weighted by Crippen LogP contribution is 2.18. The number of rotatable bonds is 2. The first kappa shape index (κ1) is 8.84. The van der Waals surface area contributed by atoms with Gasteiger partial charge in [0.15, 0.2) is 0 Å². The molecule has 0 saturated heterocycles. The first-order valence-electron chi connectivity index (χ1n) is 4.38. The average Bonchev–Trinajstić information content (AvgIpc) is 2.30. The standard InChI is InChI=1S/C11H10N2O/c14-11(9-5-2-1-3-6-9)10-7-4-8-12-13-10/h1-8,11,14H. The summed E-state index contributed by atoms with van der Waals surface area (Å²) in [6, 6.07) is 12.9. The molecule has 3 nitrogen and oxygen atoms in total. The van der Waals surface area contributed by atoms with Gasteiger partial charge >= 0.3 is 0 Å². The lowest BCUT2D eigenvalue weighted by Crippen LogP contribution is -2.02. The lowest BCUT2D eigenvalue weighted by molar-refractivity contribution is 0.214. The molecule has 1 aromatic heterocycles. The lowest BCUT2D eigenvalue weighted by Gasteiger charge is -2.08. The van der Waals surface area contributed by atoms with Crippen molar-refractivity contribution in [1.29, 1.82) is 0 Å². The number of nitrogens with zero attached hydrogens (tertiary/aromatic N) is 2. The van der Waals surface area contributed by atoms with Gasteiger partial charge < -0.3 is 5.11 Å². The number of hydrogen-bond acceptors (Lipinski definition) is 3. The van der Waals surface area contributed by atoms with E-state index in [2.05, 4.69) is 10.2 Å². The molecule has 1 N–H and O–H groups in total. The van der Waals surface area contributed by atoms with Crippen LogP contribution in [0.2, 0.25) is 0 Å². The van der Waals surface area contributed by atoms with Crippen LogP contribution in [0.25, 0.3) is 0 Å². The van der Waals surface area contributed by atoms with Crippen molar-refractivity contribution in [2.45, 2.75) is 6.10 Å². The zero-order valence-corrected chi connectivity index (χ0v) is 7.54. The molecule has 0 bridgehead atoms. The Kier molecular flexibility index (Phi) is 2.51. The summed E-state index contributed by atoms with van der Waals surface area (Å²) in [5.74, 6) is 0. The van der Waals surface area contributed by atoms with Gasteiger partial charge in [-0.1, -0.05) is 30.3 Å². The average molecular weight is 186 g/mol. The molecule has 0 aliphatic carbocycles. The normalized spacial score (nSPS) is 12.4. The Hall–Kier alpha value is -1.74. The molecular formula is C11H10N2O. The molecule has 0 saturated carbocycles. The molecule has 2 rings (SSSR count). The van der Waals surface area contributed by atoms with E-state index in [1.54, 1.807) is 18.3 Å². The van der Waals surface area contributed by atoms with Crippen molar-refractivity contribution in [2.24, 2.45) is 0 Å². The van der Waals surface area contributed by atoms with Crippen molar-refractivity contribution >= 4 is 0 Å². The summed E-state index contributed by atoms with van der Waals surface area (Å²) in [7, 11) is 0. The Bertz CT molecular complexity index is 349. The van der Waals surface area contributed by atoms with Gasteiger partial charge in [0, 0.05) is 6.20 Å². The van der Waals surface area contributed by atoms with Gasteiger partial charge in [-0.3, -0.25) is 0 Å². The molecule has 1 atom stereocenters. The summed E-state index contributed by atoms with van der Waals surface area (Å²) in [4.78, 5) is 0. The monoisotopic (exact) mass is 186 g/mol. The van der Waals surface area contributed by atoms with E-state index in [-0.39, 0.29) is 0 Å².